The Bertz CT molecular complexity index is 350. The normalized spacial score (nSPS) is 13.9. The van der Waals surface area contributed by atoms with Gasteiger partial charge >= 0.3 is 5.97 Å². The fourth-order valence-electron chi connectivity index (χ4n) is 0.916. The molecule has 0 spiro atoms. The first-order valence-electron chi connectivity index (χ1n) is 4.47. The van der Waals surface area contributed by atoms with Crippen molar-refractivity contribution in [2.45, 2.75) is 12.5 Å². The van der Waals surface area contributed by atoms with E-state index in [0.717, 1.165) is 0 Å². The molecule has 0 amide bonds. The first-order chi connectivity index (χ1) is 7.08. The Hall–Kier alpha value is -1.84. The number of benzene rings is 1. The quantitative estimate of drug-likeness (QED) is 0.746. The van der Waals surface area contributed by atoms with E-state index in [1.807, 2.05) is 18.2 Å². The van der Waals surface area contributed by atoms with Gasteiger partial charge in [-0.2, -0.15) is 0 Å². The maximum absolute atomic E-state index is 10.9. The zero-order chi connectivity index (χ0) is 11.3. The second-order valence-electron chi connectivity index (χ2n) is 3.34. The van der Waals surface area contributed by atoms with Crippen molar-refractivity contribution in [2.75, 3.05) is 6.61 Å². The second-order valence-corrected chi connectivity index (χ2v) is 3.34. The van der Waals surface area contributed by atoms with Gasteiger partial charge in [0.15, 0.2) is 5.54 Å². The molecule has 1 rings (SSSR count). The first-order valence-corrected chi connectivity index (χ1v) is 4.47. The molecule has 0 aliphatic rings. The van der Waals surface area contributed by atoms with Gasteiger partial charge in [-0.1, -0.05) is 18.2 Å². The van der Waals surface area contributed by atoms with Crippen molar-refractivity contribution in [3.63, 3.8) is 0 Å². The minimum absolute atomic E-state index is 0.0319. The summed E-state index contributed by atoms with van der Waals surface area (Å²) in [7, 11) is 0. The van der Waals surface area contributed by atoms with Crippen LogP contribution in [0.1, 0.15) is 6.92 Å². The van der Waals surface area contributed by atoms with Gasteiger partial charge in [0.2, 0.25) is 0 Å². The summed E-state index contributed by atoms with van der Waals surface area (Å²) in [5.41, 5.74) is -1.30. The number of carboxylic acid groups (broad SMARTS) is 1. The van der Waals surface area contributed by atoms with Crippen molar-refractivity contribution in [2.24, 2.45) is 4.99 Å². The number of para-hydroxylation sites is 1. The Kier molecular flexibility index (Phi) is 3.44. The van der Waals surface area contributed by atoms with E-state index in [4.69, 9.17) is 9.84 Å². The summed E-state index contributed by atoms with van der Waals surface area (Å²) in [6, 6.07) is 9.00. The fraction of sp³-hybridized carbons (Fsp3) is 0.273. The lowest BCUT2D eigenvalue weighted by molar-refractivity contribution is -0.143. The molecular weight excluding hydrogens is 194 g/mol. The Labute approximate surface area is 88.2 Å². The largest absolute Gasteiger partial charge is 0.490 e. The van der Waals surface area contributed by atoms with Crippen molar-refractivity contribution in [1.29, 1.82) is 0 Å². The van der Waals surface area contributed by atoms with Crippen LogP contribution in [0.2, 0.25) is 0 Å². The molecule has 15 heavy (non-hydrogen) atoms. The number of carboxylic acids is 1. The third kappa shape index (κ3) is 2.80. The lowest BCUT2D eigenvalue weighted by Gasteiger charge is -2.19. The fourth-order valence-corrected chi connectivity index (χ4v) is 0.916. The third-order valence-corrected chi connectivity index (χ3v) is 2.07. The lowest BCUT2D eigenvalue weighted by Crippen LogP contribution is -2.39. The van der Waals surface area contributed by atoms with E-state index in [1.54, 1.807) is 12.1 Å². The van der Waals surface area contributed by atoms with Crippen LogP contribution >= 0.6 is 0 Å². The average Bonchev–Trinajstić information content (AvgIpc) is 2.27. The number of carbonyl (C=O) groups is 1. The topological polar surface area (TPSA) is 58.9 Å². The minimum Gasteiger partial charge on any atom is -0.490 e. The summed E-state index contributed by atoms with van der Waals surface area (Å²) < 4.78 is 5.31. The van der Waals surface area contributed by atoms with Crippen LogP contribution in [0, 0.1) is 0 Å². The van der Waals surface area contributed by atoms with E-state index >= 15 is 0 Å². The number of aliphatic imine (C=N–C) groups is 1. The SMILES string of the molecule is C=NC(C)(COc1ccccc1)C(=O)O. The molecule has 0 fully saturated rings. The van der Waals surface area contributed by atoms with Crippen molar-refractivity contribution >= 4 is 12.7 Å². The van der Waals surface area contributed by atoms with Crippen LogP contribution in [0.5, 0.6) is 5.75 Å². The van der Waals surface area contributed by atoms with Gasteiger partial charge < -0.3 is 9.84 Å². The van der Waals surface area contributed by atoms with Gasteiger partial charge in [-0.25, -0.2) is 4.79 Å². The third-order valence-electron chi connectivity index (χ3n) is 2.07. The van der Waals surface area contributed by atoms with Crippen LogP contribution in [0.3, 0.4) is 0 Å². The lowest BCUT2D eigenvalue weighted by atomic mass is 10.1. The number of nitrogens with zero attached hydrogens (tertiary/aromatic N) is 1. The van der Waals surface area contributed by atoms with E-state index in [1.165, 1.54) is 6.92 Å². The number of hydrogen-bond donors (Lipinski definition) is 1. The summed E-state index contributed by atoms with van der Waals surface area (Å²) in [4.78, 5) is 14.4. The van der Waals surface area contributed by atoms with Gasteiger partial charge in [0, 0.05) is 0 Å². The first kappa shape index (κ1) is 11.2. The van der Waals surface area contributed by atoms with E-state index in [2.05, 4.69) is 11.7 Å². The zero-order valence-corrected chi connectivity index (χ0v) is 8.51. The molecule has 0 aliphatic carbocycles. The number of hydrogen-bond acceptors (Lipinski definition) is 3. The smallest absolute Gasteiger partial charge is 0.334 e. The van der Waals surface area contributed by atoms with Gasteiger partial charge in [-0.3, -0.25) is 4.99 Å². The van der Waals surface area contributed by atoms with Crippen LogP contribution in [0.25, 0.3) is 0 Å². The van der Waals surface area contributed by atoms with Crippen LogP contribution in [-0.4, -0.2) is 29.9 Å². The number of rotatable bonds is 5. The molecule has 0 radical (unpaired) electrons. The monoisotopic (exact) mass is 207 g/mol. The summed E-state index contributed by atoms with van der Waals surface area (Å²) >= 11 is 0. The van der Waals surface area contributed by atoms with Crippen molar-refractivity contribution in [1.82, 2.24) is 0 Å². The van der Waals surface area contributed by atoms with Gasteiger partial charge in [0.25, 0.3) is 0 Å². The predicted octanol–water partition coefficient (Wildman–Crippen LogP) is 1.61. The molecule has 1 N–H and O–H groups in total. The van der Waals surface area contributed by atoms with Crippen molar-refractivity contribution in [3.05, 3.63) is 30.3 Å². The van der Waals surface area contributed by atoms with E-state index in [0.29, 0.717) is 5.75 Å². The molecule has 1 aromatic rings. The molecule has 0 heterocycles. The average molecular weight is 207 g/mol. The van der Waals surface area contributed by atoms with E-state index in [-0.39, 0.29) is 6.61 Å². The standard InChI is InChI=1S/C11H13NO3/c1-11(12-2,10(13)14)8-15-9-6-4-3-5-7-9/h3-7H,2,8H2,1H3,(H,13,14). The summed E-state index contributed by atoms with van der Waals surface area (Å²) in [5, 5.41) is 8.90. The van der Waals surface area contributed by atoms with Crippen molar-refractivity contribution < 1.29 is 14.6 Å². The van der Waals surface area contributed by atoms with Crippen molar-refractivity contribution in [3.8, 4) is 5.75 Å². The van der Waals surface area contributed by atoms with Crippen LogP contribution in [-0.2, 0) is 4.79 Å². The Morgan fingerprint density at radius 3 is 2.60 bits per heavy atom. The molecule has 0 aromatic heterocycles. The minimum atomic E-state index is -1.30. The molecule has 1 atom stereocenters. The van der Waals surface area contributed by atoms with E-state index < -0.39 is 11.5 Å². The van der Waals surface area contributed by atoms with Gasteiger partial charge in [0.1, 0.15) is 12.4 Å². The molecule has 0 bridgehead atoms. The molecule has 80 valence electrons. The maximum Gasteiger partial charge on any atom is 0.334 e. The summed E-state index contributed by atoms with van der Waals surface area (Å²) in [5.74, 6) is -0.429. The molecule has 1 aromatic carbocycles. The summed E-state index contributed by atoms with van der Waals surface area (Å²) in [6.45, 7) is 4.69. The molecule has 1 unspecified atom stereocenters. The molecule has 0 aliphatic heterocycles. The highest BCUT2D eigenvalue weighted by Gasteiger charge is 2.32. The summed E-state index contributed by atoms with van der Waals surface area (Å²) in [6.07, 6.45) is 0. The van der Waals surface area contributed by atoms with Crippen LogP contribution < -0.4 is 4.74 Å². The second kappa shape index (κ2) is 4.59. The molecule has 0 saturated heterocycles. The Morgan fingerprint density at radius 2 is 2.13 bits per heavy atom. The Morgan fingerprint density at radius 1 is 1.53 bits per heavy atom. The molecule has 4 heteroatoms. The zero-order valence-electron chi connectivity index (χ0n) is 8.51. The number of aliphatic carboxylic acids is 1. The van der Waals surface area contributed by atoms with E-state index in [9.17, 15) is 4.79 Å². The van der Waals surface area contributed by atoms with Gasteiger partial charge in [-0.05, 0) is 25.8 Å². The van der Waals surface area contributed by atoms with Crippen LogP contribution in [0.4, 0.5) is 0 Å². The molecule has 4 nitrogen and oxygen atoms in total. The predicted molar refractivity (Wildman–Crippen MR) is 57.5 cm³/mol. The molecule has 0 saturated carbocycles. The van der Waals surface area contributed by atoms with Crippen LogP contribution in [0.15, 0.2) is 35.3 Å². The molecular formula is C11H13NO3. The van der Waals surface area contributed by atoms with Gasteiger partial charge in [0.05, 0.1) is 0 Å². The highest BCUT2D eigenvalue weighted by molar-refractivity contribution is 5.79. The Balaban J connectivity index is 2.63. The van der Waals surface area contributed by atoms with Gasteiger partial charge in [-0.15, -0.1) is 0 Å². The highest BCUT2D eigenvalue weighted by atomic mass is 16.5. The number of ether oxygens (including phenoxy) is 1. The maximum atomic E-state index is 10.9. The highest BCUT2D eigenvalue weighted by Crippen LogP contribution is 2.14.